The average molecular weight is 468 g/mol. The Morgan fingerprint density at radius 2 is 1.97 bits per heavy atom. The van der Waals surface area contributed by atoms with Crippen molar-refractivity contribution in [3.05, 3.63) is 64.0 Å². The Kier molecular flexibility index (Phi) is 6.24. The lowest BCUT2D eigenvalue weighted by Crippen LogP contribution is -2.45. The van der Waals surface area contributed by atoms with E-state index in [0.29, 0.717) is 16.3 Å². The Labute approximate surface area is 192 Å². The predicted octanol–water partition coefficient (Wildman–Crippen LogP) is 2.94. The van der Waals surface area contributed by atoms with E-state index in [1.165, 1.54) is 24.5 Å². The van der Waals surface area contributed by atoms with Gasteiger partial charge in [0.05, 0.1) is 17.3 Å². The molecule has 0 aliphatic carbocycles. The molecule has 0 aliphatic rings. The van der Waals surface area contributed by atoms with Gasteiger partial charge in [-0.15, -0.1) is 0 Å². The summed E-state index contributed by atoms with van der Waals surface area (Å²) < 4.78 is 11.3. The molecule has 2 aromatic heterocycles. The fraction of sp³-hybridized carbons (Fsp3) is 0.182. The van der Waals surface area contributed by atoms with Gasteiger partial charge in [0.1, 0.15) is 5.56 Å². The molecule has 33 heavy (non-hydrogen) atoms. The molecule has 170 valence electrons. The second-order valence-corrected chi connectivity index (χ2v) is 8.45. The van der Waals surface area contributed by atoms with E-state index in [0.717, 1.165) is 22.3 Å². The standard InChI is InChI=1S/C22H21N5O5S/c1-27(2)11-12-7-8-15-17(9-12)33-22(23-15)24-21(30)26-25-19(28)14-10-13-5-4-6-16(31-3)18(13)32-20(14)29/h4-10H,11H2,1-3H3,(H,25,28)(H2,23,24,26,30). The predicted molar refractivity (Wildman–Crippen MR) is 126 cm³/mol. The van der Waals surface area contributed by atoms with Crippen molar-refractivity contribution in [2.75, 3.05) is 26.5 Å². The summed E-state index contributed by atoms with van der Waals surface area (Å²) in [5, 5.41) is 3.45. The van der Waals surface area contributed by atoms with Crippen molar-refractivity contribution in [3.63, 3.8) is 0 Å². The van der Waals surface area contributed by atoms with Crippen molar-refractivity contribution in [1.29, 1.82) is 0 Å². The van der Waals surface area contributed by atoms with Crippen molar-refractivity contribution in [1.82, 2.24) is 20.7 Å². The number of carbonyl (C=O) groups is 2. The molecule has 3 N–H and O–H groups in total. The number of thiazole rings is 1. The van der Waals surface area contributed by atoms with E-state index >= 15 is 0 Å². The van der Waals surface area contributed by atoms with Gasteiger partial charge < -0.3 is 14.1 Å². The van der Waals surface area contributed by atoms with Gasteiger partial charge in [-0.1, -0.05) is 29.5 Å². The molecular formula is C22H21N5O5S. The maximum atomic E-state index is 12.4. The third kappa shape index (κ3) is 4.94. The molecule has 0 unspecified atom stereocenters. The maximum Gasteiger partial charge on any atom is 0.349 e. The van der Waals surface area contributed by atoms with Gasteiger partial charge in [-0.3, -0.25) is 15.5 Å². The number of benzene rings is 2. The fourth-order valence-corrected chi connectivity index (χ4v) is 4.16. The number of carbonyl (C=O) groups excluding carboxylic acids is 2. The number of hydrazine groups is 1. The quantitative estimate of drug-likeness (QED) is 0.304. The number of ether oxygens (including phenoxy) is 1. The smallest absolute Gasteiger partial charge is 0.349 e. The first-order chi connectivity index (χ1) is 15.8. The maximum absolute atomic E-state index is 12.4. The van der Waals surface area contributed by atoms with E-state index in [1.54, 1.807) is 18.2 Å². The van der Waals surface area contributed by atoms with Crippen molar-refractivity contribution in [2.45, 2.75) is 6.54 Å². The van der Waals surface area contributed by atoms with Crippen LogP contribution >= 0.6 is 11.3 Å². The lowest BCUT2D eigenvalue weighted by molar-refractivity contribution is 0.0934. The number of methoxy groups -OCH3 is 1. The van der Waals surface area contributed by atoms with Crippen molar-refractivity contribution in [2.24, 2.45) is 0 Å². The number of hydrogen-bond acceptors (Lipinski definition) is 8. The zero-order valence-electron chi connectivity index (χ0n) is 18.1. The average Bonchev–Trinajstić information content (AvgIpc) is 3.17. The van der Waals surface area contributed by atoms with E-state index < -0.39 is 17.6 Å². The molecule has 4 aromatic rings. The highest BCUT2D eigenvalue weighted by atomic mass is 32.1. The van der Waals surface area contributed by atoms with Crippen LogP contribution in [0.15, 0.2) is 51.7 Å². The monoisotopic (exact) mass is 467 g/mol. The number of amides is 3. The van der Waals surface area contributed by atoms with Gasteiger partial charge in [0, 0.05) is 11.9 Å². The number of urea groups is 1. The van der Waals surface area contributed by atoms with Gasteiger partial charge in [-0.05, 0) is 43.9 Å². The van der Waals surface area contributed by atoms with Crippen LogP contribution in [0.1, 0.15) is 15.9 Å². The van der Waals surface area contributed by atoms with Crippen LogP contribution in [-0.2, 0) is 6.54 Å². The highest BCUT2D eigenvalue weighted by Crippen LogP contribution is 2.27. The molecule has 0 bridgehead atoms. The number of nitrogens with one attached hydrogen (secondary N) is 3. The van der Waals surface area contributed by atoms with Crippen LogP contribution in [0.5, 0.6) is 5.75 Å². The summed E-state index contributed by atoms with van der Waals surface area (Å²) in [7, 11) is 5.42. The molecular weight excluding hydrogens is 446 g/mol. The zero-order valence-corrected chi connectivity index (χ0v) is 18.9. The fourth-order valence-electron chi connectivity index (χ4n) is 3.23. The van der Waals surface area contributed by atoms with Crippen LogP contribution in [-0.4, -0.2) is 43.0 Å². The van der Waals surface area contributed by atoms with Gasteiger partial charge in [-0.2, -0.15) is 0 Å². The number of hydrogen-bond donors (Lipinski definition) is 3. The highest BCUT2D eigenvalue weighted by molar-refractivity contribution is 7.22. The first-order valence-corrected chi connectivity index (χ1v) is 10.7. The van der Waals surface area contributed by atoms with E-state index in [-0.39, 0.29) is 11.1 Å². The van der Waals surface area contributed by atoms with Crippen LogP contribution in [0.25, 0.3) is 21.2 Å². The molecule has 0 fully saturated rings. The number of anilines is 1. The van der Waals surface area contributed by atoms with Crippen molar-refractivity contribution < 1.29 is 18.7 Å². The topological polar surface area (TPSA) is 126 Å². The minimum Gasteiger partial charge on any atom is -0.493 e. The lowest BCUT2D eigenvalue weighted by atomic mass is 10.1. The van der Waals surface area contributed by atoms with Gasteiger partial charge in [0.2, 0.25) is 0 Å². The normalized spacial score (nSPS) is 11.0. The molecule has 0 spiro atoms. The minimum absolute atomic E-state index is 0.233. The largest absolute Gasteiger partial charge is 0.493 e. The van der Waals surface area contributed by atoms with Crippen LogP contribution in [0.3, 0.4) is 0 Å². The number of para-hydroxylation sites is 1. The molecule has 0 radical (unpaired) electrons. The molecule has 0 saturated carbocycles. The second kappa shape index (κ2) is 9.27. The summed E-state index contributed by atoms with van der Waals surface area (Å²) in [6, 6.07) is 11.6. The van der Waals surface area contributed by atoms with E-state index in [4.69, 9.17) is 9.15 Å². The number of nitrogens with zero attached hydrogens (tertiary/aromatic N) is 2. The summed E-state index contributed by atoms with van der Waals surface area (Å²) >= 11 is 1.31. The Morgan fingerprint density at radius 3 is 2.73 bits per heavy atom. The Bertz CT molecular complexity index is 1410. The summed E-state index contributed by atoms with van der Waals surface area (Å²) in [6.45, 7) is 0.790. The van der Waals surface area contributed by atoms with E-state index in [2.05, 4.69) is 26.1 Å². The molecule has 0 atom stereocenters. The summed E-state index contributed by atoms with van der Waals surface area (Å²) in [6.07, 6.45) is 0. The zero-order chi connectivity index (χ0) is 23.5. The Hall–Kier alpha value is -3.96. The SMILES string of the molecule is COc1cccc2cc(C(=O)NNC(=O)Nc3nc4ccc(CN(C)C)cc4s3)c(=O)oc12. The van der Waals surface area contributed by atoms with Crippen molar-refractivity contribution >= 4 is 49.6 Å². The molecule has 0 saturated heterocycles. The molecule has 10 nitrogen and oxygen atoms in total. The first kappa shape index (κ1) is 22.2. The van der Waals surface area contributed by atoms with Gasteiger partial charge in [0.25, 0.3) is 5.91 Å². The third-order valence-electron chi connectivity index (χ3n) is 4.65. The lowest BCUT2D eigenvalue weighted by Gasteiger charge is -2.08. The number of fused-ring (bicyclic) bond motifs is 2. The Morgan fingerprint density at radius 1 is 1.15 bits per heavy atom. The number of rotatable bonds is 5. The molecule has 2 aromatic carbocycles. The molecule has 2 heterocycles. The molecule has 11 heteroatoms. The third-order valence-corrected chi connectivity index (χ3v) is 5.58. The van der Waals surface area contributed by atoms with Crippen molar-refractivity contribution in [3.8, 4) is 5.75 Å². The molecule has 0 aliphatic heterocycles. The van der Waals surface area contributed by atoms with Crippen LogP contribution < -0.4 is 26.5 Å². The minimum atomic E-state index is -0.855. The van der Waals surface area contributed by atoms with Gasteiger partial charge in [-0.25, -0.2) is 20.0 Å². The molecule has 4 rings (SSSR count). The first-order valence-electron chi connectivity index (χ1n) is 9.86. The van der Waals surface area contributed by atoms with E-state index in [9.17, 15) is 14.4 Å². The summed E-state index contributed by atoms with van der Waals surface area (Å²) in [5.74, 6) is -0.444. The van der Waals surface area contributed by atoms with Gasteiger partial charge >= 0.3 is 11.7 Å². The summed E-state index contributed by atoms with van der Waals surface area (Å²) in [5.41, 5.74) is 5.42. The van der Waals surface area contributed by atoms with Crippen LogP contribution in [0, 0.1) is 0 Å². The molecule has 3 amide bonds. The van der Waals surface area contributed by atoms with Crippen LogP contribution in [0.4, 0.5) is 9.93 Å². The Balaban J connectivity index is 1.42. The second-order valence-electron chi connectivity index (χ2n) is 7.42. The van der Waals surface area contributed by atoms with E-state index in [1.807, 2.05) is 32.3 Å². The summed E-state index contributed by atoms with van der Waals surface area (Å²) in [4.78, 5) is 43.3. The van der Waals surface area contributed by atoms with Gasteiger partial charge in [0.15, 0.2) is 16.5 Å². The highest BCUT2D eigenvalue weighted by Gasteiger charge is 2.16. The van der Waals surface area contributed by atoms with Crippen LogP contribution in [0.2, 0.25) is 0 Å². The number of aromatic nitrogens is 1.